The summed E-state index contributed by atoms with van der Waals surface area (Å²) in [5.74, 6) is 0.563. The van der Waals surface area contributed by atoms with Crippen LogP contribution in [0, 0.1) is 12.8 Å². The third-order valence-electron chi connectivity index (χ3n) is 4.42. The van der Waals surface area contributed by atoms with Crippen LogP contribution in [0.5, 0.6) is 0 Å². The van der Waals surface area contributed by atoms with Crippen molar-refractivity contribution in [1.82, 2.24) is 14.7 Å². The van der Waals surface area contributed by atoms with Gasteiger partial charge in [0.15, 0.2) is 0 Å². The summed E-state index contributed by atoms with van der Waals surface area (Å²) in [4.78, 5) is 14.5. The molecule has 2 rings (SSSR count). The van der Waals surface area contributed by atoms with Gasteiger partial charge in [0, 0.05) is 30.8 Å². The highest BCUT2D eigenvalue weighted by Gasteiger charge is 2.23. The lowest BCUT2D eigenvalue weighted by molar-refractivity contribution is -0.129. The van der Waals surface area contributed by atoms with Crippen molar-refractivity contribution in [3.63, 3.8) is 0 Å². The van der Waals surface area contributed by atoms with Crippen molar-refractivity contribution in [2.24, 2.45) is 5.92 Å². The average molecular weight is 338 g/mol. The first-order valence-electron chi connectivity index (χ1n) is 8.65. The van der Waals surface area contributed by atoms with Crippen LogP contribution in [-0.2, 0) is 11.3 Å². The van der Waals surface area contributed by atoms with Crippen molar-refractivity contribution in [1.29, 1.82) is 0 Å². The Kier molecular flexibility index (Phi) is 6.28. The molecule has 128 valence electrons. The van der Waals surface area contributed by atoms with Gasteiger partial charge < -0.3 is 4.90 Å². The van der Waals surface area contributed by atoms with E-state index < -0.39 is 0 Å². The zero-order valence-corrected chi connectivity index (χ0v) is 15.4. The maximum Gasteiger partial charge on any atom is 0.246 e. The first-order chi connectivity index (χ1) is 10.9. The smallest absolute Gasteiger partial charge is 0.246 e. The van der Waals surface area contributed by atoms with Crippen molar-refractivity contribution < 1.29 is 4.79 Å². The highest BCUT2D eigenvalue weighted by Crippen LogP contribution is 2.23. The maximum atomic E-state index is 12.5. The van der Waals surface area contributed by atoms with E-state index in [-0.39, 0.29) is 5.91 Å². The third kappa shape index (κ3) is 4.37. The SMILES string of the molecule is CCC1CCCCN1C(=O)C=Cc1c(C)nn(CC(C)C)c1Cl. The van der Waals surface area contributed by atoms with Gasteiger partial charge in [-0.3, -0.25) is 9.48 Å². The van der Waals surface area contributed by atoms with E-state index >= 15 is 0 Å². The number of carbonyl (C=O) groups excluding carboxylic acids is 1. The van der Waals surface area contributed by atoms with Gasteiger partial charge in [-0.15, -0.1) is 0 Å². The maximum absolute atomic E-state index is 12.5. The fourth-order valence-corrected chi connectivity index (χ4v) is 3.50. The van der Waals surface area contributed by atoms with Crippen LogP contribution in [0.25, 0.3) is 6.08 Å². The summed E-state index contributed by atoms with van der Waals surface area (Å²) in [6.07, 6.45) is 7.93. The molecule has 0 N–H and O–H groups in total. The fourth-order valence-electron chi connectivity index (χ4n) is 3.19. The molecule has 0 spiro atoms. The molecule has 4 nitrogen and oxygen atoms in total. The van der Waals surface area contributed by atoms with Gasteiger partial charge in [-0.25, -0.2) is 0 Å². The predicted molar refractivity (Wildman–Crippen MR) is 95.5 cm³/mol. The Morgan fingerprint density at radius 3 is 2.83 bits per heavy atom. The second-order valence-corrected chi connectivity index (χ2v) is 7.15. The number of carbonyl (C=O) groups is 1. The second kappa shape index (κ2) is 8.00. The Balaban J connectivity index is 2.13. The van der Waals surface area contributed by atoms with Crippen LogP contribution in [0.1, 0.15) is 57.7 Å². The molecule has 1 aromatic heterocycles. The van der Waals surface area contributed by atoms with Crippen LogP contribution in [0.2, 0.25) is 5.15 Å². The Hall–Kier alpha value is -1.29. The van der Waals surface area contributed by atoms with Gasteiger partial charge in [0.1, 0.15) is 5.15 Å². The third-order valence-corrected chi connectivity index (χ3v) is 4.82. The number of aromatic nitrogens is 2. The van der Waals surface area contributed by atoms with Gasteiger partial charge in [0.05, 0.1) is 5.69 Å². The molecule has 1 atom stereocenters. The zero-order valence-electron chi connectivity index (χ0n) is 14.7. The first-order valence-corrected chi connectivity index (χ1v) is 9.03. The molecular weight excluding hydrogens is 310 g/mol. The van der Waals surface area contributed by atoms with E-state index in [9.17, 15) is 4.79 Å². The largest absolute Gasteiger partial charge is 0.336 e. The minimum Gasteiger partial charge on any atom is -0.336 e. The lowest BCUT2D eigenvalue weighted by Crippen LogP contribution is -2.42. The number of nitrogens with zero attached hydrogens (tertiary/aromatic N) is 3. The number of rotatable bonds is 5. The number of piperidine rings is 1. The van der Waals surface area contributed by atoms with Crippen molar-refractivity contribution >= 4 is 23.6 Å². The van der Waals surface area contributed by atoms with Gasteiger partial charge in [0.25, 0.3) is 0 Å². The monoisotopic (exact) mass is 337 g/mol. The summed E-state index contributed by atoms with van der Waals surface area (Å²) in [6, 6.07) is 0.376. The molecule has 0 aromatic carbocycles. The second-order valence-electron chi connectivity index (χ2n) is 6.79. The molecule has 1 aliphatic heterocycles. The van der Waals surface area contributed by atoms with Gasteiger partial charge >= 0.3 is 0 Å². The Labute approximate surface area is 144 Å². The molecule has 1 amide bonds. The van der Waals surface area contributed by atoms with Crippen molar-refractivity contribution in [3.8, 4) is 0 Å². The molecule has 1 saturated heterocycles. The molecule has 5 heteroatoms. The minimum atomic E-state index is 0.0867. The van der Waals surface area contributed by atoms with Gasteiger partial charge in [0.2, 0.25) is 5.91 Å². The average Bonchev–Trinajstić information content (AvgIpc) is 2.78. The molecule has 0 aliphatic carbocycles. The van der Waals surface area contributed by atoms with E-state index in [1.54, 1.807) is 6.08 Å². The summed E-state index contributed by atoms with van der Waals surface area (Å²) in [6.45, 7) is 9.99. The summed E-state index contributed by atoms with van der Waals surface area (Å²) in [5, 5.41) is 5.10. The normalized spacial score (nSPS) is 19.0. The first kappa shape index (κ1) is 18.1. The van der Waals surface area contributed by atoms with E-state index in [0.29, 0.717) is 17.1 Å². The summed E-state index contributed by atoms with van der Waals surface area (Å²) in [7, 11) is 0. The lowest BCUT2D eigenvalue weighted by atomic mass is 10.00. The number of amides is 1. The molecule has 0 bridgehead atoms. The number of halogens is 1. The number of hydrogen-bond acceptors (Lipinski definition) is 2. The predicted octanol–water partition coefficient (Wildman–Crippen LogP) is 4.31. The Morgan fingerprint density at radius 1 is 1.43 bits per heavy atom. The highest BCUT2D eigenvalue weighted by atomic mass is 35.5. The topological polar surface area (TPSA) is 38.1 Å². The molecule has 1 aromatic rings. The Morgan fingerprint density at radius 2 is 2.17 bits per heavy atom. The molecule has 1 unspecified atom stereocenters. The lowest BCUT2D eigenvalue weighted by Gasteiger charge is -2.34. The summed E-state index contributed by atoms with van der Waals surface area (Å²) >= 11 is 6.42. The number of aryl methyl sites for hydroxylation is 1. The molecular formula is C18H28ClN3O. The highest BCUT2D eigenvalue weighted by molar-refractivity contribution is 6.31. The standard InChI is InChI=1S/C18H28ClN3O/c1-5-15-8-6-7-11-21(15)17(23)10-9-16-14(4)20-22(18(16)19)12-13(2)3/h9-10,13,15H,5-8,11-12H2,1-4H3. The van der Waals surface area contributed by atoms with Gasteiger partial charge in [-0.2, -0.15) is 5.10 Å². The molecule has 1 fully saturated rings. The van der Waals surface area contributed by atoms with Gasteiger partial charge in [-0.05, 0) is 44.6 Å². The van der Waals surface area contributed by atoms with Crippen LogP contribution < -0.4 is 0 Å². The Bertz CT molecular complexity index is 577. The van der Waals surface area contributed by atoms with Crippen molar-refractivity contribution in [2.75, 3.05) is 6.54 Å². The molecule has 2 heterocycles. The zero-order chi connectivity index (χ0) is 17.0. The molecule has 23 heavy (non-hydrogen) atoms. The van der Waals surface area contributed by atoms with Crippen LogP contribution in [0.4, 0.5) is 0 Å². The van der Waals surface area contributed by atoms with Crippen LogP contribution in [0.3, 0.4) is 0 Å². The van der Waals surface area contributed by atoms with Gasteiger partial charge in [-0.1, -0.05) is 32.4 Å². The van der Waals surface area contributed by atoms with E-state index in [0.717, 1.165) is 43.6 Å². The van der Waals surface area contributed by atoms with E-state index in [2.05, 4.69) is 25.9 Å². The van der Waals surface area contributed by atoms with Crippen LogP contribution in [-0.4, -0.2) is 33.2 Å². The van der Waals surface area contributed by atoms with E-state index in [1.165, 1.54) is 6.42 Å². The summed E-state index contributed by atoms with van der Waals surface area (Å²) < 4.78 is 1.82. The van der Waals surface area contributed by atoms with Crippen LogP contribution >= 0.6 is 11.6 Å². The minimum absolute atomic E-state index is 0.0867. The van der Waals surface area contributed by atoms with E-state index in [4.69, 9.17) is 11.6 Å². The number of hydrogen-bond donors (Lipinski definition) is 0. The molecule has 0 saturated carbocycles. The quantitative estimate of drug-likeness (QED) is 0.751. The molecule has 1 aliphatic rings. The van der Waals surface area contributed by atoms with Crippen molar-refractivity contribution in [3.05, 3.63) is 22.5 Å². The van der Waals surface area contributed by atoms with E-state index in [1.807, 2.05) is 22.6 Å². The number of likely N-dealkylation sites (tertiary alicyclic amines) is 1. The van der Waals surface area contributed by atoms with Crippen LogP contribution in [0.15, 0.2) is 6.08 Å². The molecule has 0 radical (unpaired) electrons. The summed E-state index contributed by atoms with van der Waals surface area (Å²) in [5.41, 5.74) is 1.72. The van der Waals surface area contributed by atoms with Crippen molar-refractivity contribution in [2.45, 2.75) is 66.0 Å². The fraction of sp³-hybridized carbons (Fsp3) is 0.667.